The Morgan fingerprint density at radius 2 is 1.90 bits per heavy atom. The molecule has 7 nitrogen and oxygen atoms in total. The highest BCUT2D eigenvalue weighted by atomic mass is 32.2. The number of likely N-dealkylation sites (N-methyl/N-ethyl adjacent to an activating group) is 1. The fraction of sp³-hybridized carbons (Fsp3) is 0.286. The fourth-order valence-electron chi connectivity index (χ4n) is 5.03. The summed E-state index contributed by atoms with van der Waals surface area (Å²) in [5.74, 6) is -3.04. The maximum absolute atomic E-state index is 14.3. The third-order valence-corrected chi connectivity index (χ3v) is 7.90. The van der Waals surface area contributed by atoms with Crippen LogP contribution in [0.5, 0.6) is 0 Å². The Balaban J connectivity index is 1.84. The number of anilines is 2. The average molecular weight is 427 g/mol. The van der Waals surface area contributed by atoms with Gasteiger partial charge < -0.3 is 15.4 Å². The topological polar surface area (TPSA) is 87.7 Å². The van der Waals surface area contributed by atoms with Gasteiger partial charge in [0.25, 0.3) is 5.91 Å². The summed E-state index contributed by atoms with van der Waals surface area (Å²) in [4.78, 5) is 42.5. The average Bonchev–Trinajstić information content (AvgIpc) is 3.17. The minimum absolute atomic E-state index is 0.0959. The molecule has 3 atom stereocenters. The van der Waals surface area contributed by atoms with E-state index in [4.69, 9.17) is 4.74 Å². The van der Waals surface area contributed by atoms with E-state index in [1.54, 1.807) is 24.1 Å². The Morgan fingerprint density at radius 3 is 2.67 bits per heavy atom. The molecule has 2 aromatic carbocycles. The number of nitrogens with one attached hydrogen (secondary N) is 2. The van der Waals surface area contributed by atoms with Crippen LogP contribution >= 0.6 is 11.8 Å². The van der Waals surface area contributed by atoms with Crippen molar-refractivity contribution in [3.63, 3.8) is 0 Å². The number of carbonyl (C=O) groups excluding carboxylic acids is 3. The monoisotopic (exact) mass is 427 g/mol. The Morgan fingerprint density at radius 1 is 1.17 bits per heavy atom. The Hall–Kier alpha value is -2.91. The molecule has 30 heavy (non-hydrogen) atoms. The van der Waals surface area contributed by atoms with Crippen LogP contribution in [0.15, 0.2) is 47.4 Å². The molecule has 1 saturated heterocycles. The molecule has 3 heterocycles. The SMILES string of the molecule is COC(=O)[C@@H]1CN(C)[C@]2(C(=O)Nc3ccc(F)cc32)[C@]12Sc1ccccc1NC2=O. The van der Waals surface area contributed by atoms with Crippen LogP contribution in [0.25, 0.3) is 0 Å². The quantitative estimate of drug-likeness (QED) is 0.679. The Labute approximate surface area is 176 Å². The van der Waals surface area contributed by atoms with Crippen LogP contribution in [0, 0.1) is 11.7 Å². The number of hydrogen-bond donors (Lipinski definition) is 2. The summed E-state index contributed by atoms with van der Waals surface area (Å²) in [6.45, 7) is 0.0959. The van der Waals surface area contributed by atoms with E-state index in [0.717, 1.165) is 16.7 Å². The standard InChI is InChI=1S/C21H18FN3O4S/c1-25-10-13(17(26)29-2)21(19(28)24-15-5-3-4-6-16(15)30-21)20(25)12-9-11(22)7-8-14(12)23-18(20)27/h3-9,13H,10H2,1-2H3,(H,23,27)(H,24,28)/t13-,20+,21-/m0/s1. The minimum Gasteiger partial charge on any atom is -0.469 e. The fourth-order valence-corrected chi connectivity index (χ4v) is 6.71. The summed E-state index contributed by atoms with van der Waals surface area (Å²) in [7, 11) is 2.92. The number of amides is 2. The number of para-hydroxylation sites is 1. The summed E-state index contributed by atoms with van der Waals surface area (Å²) in [6.07, 6.45) is 0. The summed E-state index contributed by atoms with van der Waals surface area (Å²) in [6, 6.07) is 11.2. The van der Waals surface area contributed by atoms with E-state index in [0.29, 0.717) is 16.9 Å². The van der Waals surface area contributed by atoms with Crippen molar-refractivity contribution in [2.24, 2.45) is 5.92 Å². The predicted octanol–water partition coefficient (Wildman–Crippen LogP) is 2.19. The van der Waals surface area contributed by atoms with Gasteiger partial charge in [0.05, 0.1) is 18.7 Å². The van der Waals surface area contributed by atoms with Crippen molar-refractivity contribution in [2.45, 2.75) is 15.2 Å². The van der Waals surface area contributed by atoms with Crippen molar-refractivity contribution in [1.29, 1.82) is 0 Å². The van der Waals surface area contributed by atoms with Gasteiger partial charge in [-0.1, -0.05) is 12.1 Å². The molecule has 0 radical (unpaired) electrons. The van der Waals surface area contributed by atoms with E-state index < -0.39 is 39.8 Å². The van der Waals surface area contributed by atoms with E-state index in [1.807, 2.05) is 12.1 Å². The molecular formula is C21H18FN3O4S. The zero-order chi connectivity index (χ0) is 21.3. The number of fused-ring (bicyclic) bond motifs is 4. The van der Waals surface area contributed by atoms with Crippen molar-refractivity contribution in [3.05, 3.63) is 53.8 Å². The van der Waals surface area contributed by atoms with Crippen LogP contribution in [0.3, 0.4) is 0 Å². The first-order chi connectivity index (χ1) is 14.4. The largest absolute Gasteiger partial charge is 0.469 e. The van der Waals surface area contributed by atoms with Crippen LogP contribution < -0.4 is 10.6 Å². The Kier molecular flexibility index (Phi) is 4.00. The molecule has 3 aliphatic rings. The predicted molar refractivity (Wildman–Crippen MR) is 109 cm³/mol. The van der Waals surface area contributed by atoms with Gasteiger partial charge in [-0.05, 0) is 37.4 Å². The van der Waals surface area contributed by atoms with Crippen LogP contribution in [0.2, 0.25) is 0 Å². The molecule has 2 N–H and O–H groups in total. The van der Waals surface area contributed by atoms with Gasteiger partial charge in [-0.3, -0.25) is 19.3 Å². The summed E-state index contributed by atoms with van der Waals surface area (Å²) >= 11 is 1.16. The molecule has 0 unspecified atom stereocenters. The molecule has 154 valence electrons. The van der Waals surface area contributed by atoms with E-state index in [2.05, 4.69) is 10.6 Å². The highest BCUT2D eigenvalue weighted by Gasteiger charge is 2.77. The third-order valence-electron chi connectivity index (χ3n) is 6.23. The van der Waals surface area contributed by atoms with E-state index >= 15 is 0 Å². The van der Waals surface area contributed by atoms with Gasteiger partial charge in [0.2, 0.25) is 5.91 Å². The zero-order valence-corrected chi connectivity index (χ0v) is 17.0. The molecule has 5 rings (SSSR count). The number of halogens is 1. The molecule has 0 aliphatic carbocycles. The van der Waals surface area contributed by atoms with Crippen molar-refractivity contribution < 1.29 is 23.5 Å². The molecule has 0 aromatic heterocycles. The lowest BCUT2D eigenvalue weighted by Gasteiger charge is -2.46. The van der Waals surface area contributed by atoms with E-state index in [1.165, 1.54) is 25.3 Å². The number of ether oxygens (including phenoxy) is 1. The van der Waals surface area contributed by atoms with Crippen molar-refractivity contribution in [1.82, 2.24) is 4.90 Å². The zero-order valence-electron chi connectivity index (χ0n) is 16.2. The number of carbonyl (C=O) groups is 3. The van der Waals surface area contributed by atoms with E-state index in [9.17, 15) is 18.8 Å². The number of likely N-dealkylation sites (tertiary alicyclic amines) is 1. The molecule has 0 saturated carbocycles. The second-order valence-corrected chi connectivity index (χ2v) is 8.89. The second kappa shape index (κ2) is 6.29. The molecule has 9 heteroatoms. The van der Waals surface area contributed by atoms with Crippen molar-refractivity contribution in [2.75, 3.05) is 31.3 Å². The lowest BCUT2D eigenvalue weighted by molar-refractivity contribution is -0.148. The minimum atomic E-state index is -1.59. The highest BCUT2D eigenvalue weighted by Crippen LogP contribution is 2.64. The number of hydrogen-bond acceptors (Lipinski definition) is 6. The summed E-state index contributed by atoms with van der Waals surface area (Å²) < 4.78 is 17.7. The first-order valence-electron chi connectivity index (χ1n) is 9.36. The van der Waals surface area contributed by atoms with Crippen LogP contribution in [-0.4, -0.2) is 48.1 Å². The molecule has 0 bridgehead atoms. The molecular weight excluding hydrogens is 409 g/mol. The second-order valence-electron chi connectivity index (χ2n) is 7.60. The van der Waals surface area contributed by atoms with Crippen LogP contribution in [-0.2, 0) is 24.7 Å². The maximum Gasteiger partial charge on any atom is 0.312 e. The van der Waals surface area contributed by atoms with Gasteiger partial charge in [-0.25, -0.2) is 4.39 Å². The van der Waals surface area contributed by atoms with Crippen molar-refractivity contribution >= 4 is 40.9 Å². The van der Waals surface area contributed by atoms with E-state index in [-0.39, 0.29) is 6.54 Å². The molecule has 2 aromatic rings. The van der Waals surface area contributed by atoms with Crippen molar-refractivity contribution in [3.8, 4) is 0 Å². The smallest absolute Gasteiger partial charge is 0.312 e. The van der Waals surface area contributed by atoms with Crippen LogP contribution in [0.1, 0.15) is 5.56 Å². The van der Waals surface area contributed by atoms with Gasteiger partial charge >= 0.3 is 5.97 Å². The number of nitrogens with zero attached hydrogens (tertiary/aromatic N) is 1. The molecule has 1 fully saturated rings. The van der Waals surface area contributed by atoms with Crippen LogP contribution in [0.4, 0.5) is 15.8 Å². The lowest BCUT2D eigenvalue weighted by Crippen LogP contribution is -2.65. The number of esters is 1. The first-order valence-corrected chi connectivity index (χ1v) is 10.2. The number of rotatable bonds is 1. The lowest BCUT2D eigenvalue weighted by atomic mass is 9.73. The summed E-state index contributed by atoms with van der Waals surface area (Å²) in [5, 5.41) is 5.66. The highest BCUT2D eigenvalue weighted by molar-refractivity contribution is 8.02. The first kappa shape index (κ1) is 19.1. The maximum atomic E-state index is 14.3. The third kappa shape index (κ3) is 2.11. The normalized spacial score (nSPS) is 29.5. The Bertz CT molecular complexity index is 1130. The number of methoxy groups -OCH3 is 1. The van der Waals surface area contributed by atoms with Gasteiger partial charge in [0.15, 0.2) is 5.54 Å². The number of benzene rings is 2. The molecule has 3 aliphatic heterocycles. The number of thioether (sulfide) groups is 1. The molecule has 2 spiro atoms. The molecule has 2 amide bonds. The van der Waals surface area contributed by atoms with Gasteiger partial charge in [0.1, 0.15) is 10.6 Å². The van der Waals surface area contributed by atoms with Gasteiger partial charge in [-0.2, -0.15) is 0 Å². The van der Waals surface area contributed by atoms with Gasteiger partial charge in [-0.15, -0.1) is 11.8 Å². The summed E-state index contributed by atoms with van der Waals surface area (Å²) in [5.41, 5.74) is -0.232. The van der Waals surface area contributed by atoms with Gasteiger partial charge in [0, 0.05) is 22.7 Å².